The zero-order valence-corrected chi connectivity index (χ0v) is 41.7. The van der Waals surface area contributed by atoms with Crippen LogP contribution >= 0.6 is 0 Å². The number of carboxylic acids is 5. The van der Waals surface area contributed by atoms with Crippen LogP contribution in [0.5, 0.6) is 0 Å². The van der Waals surface area contributed by atoms with E-state index in [4.69, 9.17) is 0 Å². The Kier molecular flexibility index (Phi) is 77.6. The minimum atomic E-state index is -0.913. The quantitative estimate of drug-likeness (QED) is 0.0534. The second-order valence-electron chi connectivity index (χ2n) is 16.2. The molecule has 1 radical (unpaired) electrons. The van der Waals surface area contributed by atoms with Gasteiger partial charge in [0.1, 0.15) is 0 Å². The van der Waals surface area contributed by atoms with Gasteiger partial charge >= 0.3 is 0 Å². The Labute approximate surface area is 387 Å². The maximum absolute atomic E-state index is 10.0. The fourth-order valence-electron chi connectivity index (χ4n) is 6.13. The van der Waals surface area contributed by atoms with Crippen molar-refractivity contribution >= 4 is 29.8 Å². The van der Waals surface area contributed by atoms with E-state index in [-0.39, 0.29) is 50.7 Å². The molecule has 0 bridgehead atoms. The van der Waals surface area contributed by atoms with E-state index in [0.717, 1.165) is 64.2 Å². The van der Waals surface area contributed by atoms with Gasteiger partial charge < -0.3 is 49.5 Å². The molecule has 0 aromatic carbocycles. The van der Waals surface area contributed by atoms with Gasteiger partial charge in [0.05, 0.1) is 0 Å². The summed E-state index contributed by atoms with van der Waals surface area (Å²) in [5, 5.41) is 50.1. The third kappa shape index (κ3) is 98.3. The summed E-state index contributed by atoms with van der Waals surface area (Å²) in [6.45, 7) is 11.0. The summed E-state index contributed by atoms with van der Waals surface area (Å²) in [7, 11) is 0. The van der Waals surface area contributed by atoms with Gasteiger partial charge in [-0.05, 0) is 64.2 Å². The van der Waals surface area contributed by atoms with Gasteiger partial charge in [-0.2, -0.15) is 0 Å². The Balaban J connectivity index is -0.000000154. The first-order chi connectivity index (χ1) is 28.9. The number of carbonyl (C=O) groups excluding carboxylic acids is 5. The van der Waals surface area contributed by atoms with Gasteiger partial charge in [0.2, 0.25) is 0 Å². The van der Waals surface area contributed by atoms with Crippen molar-refractivity contribution in [2.75, 3.05) is 0 Å². The third-order valence-corrected chi connectivity index (χ3v) is 9.92. The van der Waals surface area contributed by atoms with Crippen LogP contribution in [0.1, 0.15) is 291 Å². The molecule has 61 heavy (non-hydrogen) atoms. The Morgan fingerprint density at radius 3 is 0.410 bits per heavy atom. The van der Waals surface area contributed by atoms with Crippen molar-refractivity contribution in [2.45, 2.75) is 291 Å². The van der Waals surface area contributed by atoms with Crippen molar-refractivity contribution in [1.82, 2.24) is 0 Å². The SMILES string of the molecule is CCCCCCCCCC(=O)[O-].CCCCCCCCCC(=O)[O-].CCCCCCCCCC(=O)[O-].CCCCCCCCCC(=O)[O-].CCCCCCCCCC(=O)[O-].[V]. The number of rotatable bonds is 40. The molecule has 0 atom stereocenters. The molecule has 11 heteroatoms. The molecule has 0 aromatic rings. The van der Waals surface area contributed by atoms with Crippen LogP contribution in [-0.2, 0) is 42.5 Å². The summed E-state index contributed by atoms with van der Waals surface area (Å²) in [5.41, 5.74) is 0. The van der Waals surface area contributed by atoms with Crippen molar-refractivity contribution in [2.24, 2.45) is 0 Å². The smallest absolute Gasteiger partial charge is 0.0414 e. The van der Waals surface area contributed by atoms with Gasteiger partial charge in [0.15, 0.2) is 0 Å². The van der Waals surface area contributed by atoms with Crippen molar-refractivity contribution in [1.29, 1.82) is 0 Å². The minimum absolute atomic E-state index is 0. The fourth-order valence-corrected chi connectivity index (χ4v) is 6.13. The molecule has 0 aliphatic heterocycles. The molecular weight excluding hydrogens is 811 g/mol. The number of hydrogen-bond donors (Lipinski definition) is 0. The van der Waals surface area contributed by atoms with Crippen LogP contribution < -0.4 is 25.5 Å². The fraction of sp³-hybridized carbons (Fsp3) is 0.900. The van der Waals surface area contributed by atoms with Gasteiger partial charge in [0, 0.05) is 48.4 Å². The van der Waals surface area contributed by atoms with Gasteiger partial charge in [-0.1, -0.05) is 227 Å². The molecule has 0 fully saturated rings. The Morgan fingerprint density at radius 2 is 0.311 bits per heavy atom. The molecule has 0 amide bonds. The van der Waals surface area contributed by atoms with Crippen molar-refractivity contribution in [3.63, 3.8) is 0 Å². The second kappa shape index (κ2) is 67.0. The van der Waals surface area contributed by atoms with Crippen molar-refractivity contribution < 1.29 is 68.1 Å². The van der Waals surface area contributed by atoms with E-state index in [1.807, 2.05) is 0 Å². The summed E-state index contributed by atoms with van der Waals surface area (Å²) < 4.78 is 0. The first-order valence-corrected chi connectivity index (χ1v) is 24.8. The predicted octanol–water partition coefficient (Wildman–Crippen LogP) is 9.38. The number of carboxylic acid groups (broad SMARTS) is 5. The molecular formula is C50H95O10V-5. The van der Waals surface area contributed by atoms with Crippen LogP contribution in [0.3, 0.4) is 0 Å². The van der Waals surface area contributed by atoms with Gasteiger partial charge in [-0.15, -0.1) is 0 Å². The van der Waals surface area contributed by atoms with Crippen LogP contribution in [-0.4, -0.2) is 29.8 Å². The van der Waals surface area contributed by atoms with Crippen LogP contribution in [0.15, 0.2) is 0 Å². The zero-order chi connectivity index (χ0) is 46.2. The number of aliphatic carboxylic acids is 5. The van der Waals surface area contributed by atoms with Crippen molar-refractivity contribution in [3.05, 3.63) is 0 Å². The minimum Gasteiger partial charge on any atom is -0.550 e. The van der Waals surface area contributed by atoms with E-state index < -0.39 is 29.8 Å². The van der Waals surface area contributed by atoms with Crippen molar-refractivity contribution in [3.8, 4) is 0 Å². The second-order valence-corrected chi connectivity index (χ2v) is 16.2. The molecule has 365 valence electrons. The Hall–Kier alpha value is -2.07. The standard InChI is InChI=1S/5C10H20O2.V/c5*1-2-3-4-5-6-7-8-9-10(11)12;/h5*2-9H2,1H3,(H,11,12);/p-5. The molecule has 0 saturated heterocycles. The van der Waals surface area contributed by atoms with Gasteiger partial charge in [0.25, 0.3) is 0 Å². The predicted molar refractivity (Wildman–Crippen MR) is 238 cm³/mol. The third-order valence-electron chi connectivity index (χ3n) is 9.92. The maximum Gasteiger partial charge on any atom is 0.0414 e. The monoisotopic (exact) mass is 907 g/mol. The average molecular weight is 907 g/mol. The van der Waals surface area contributed by atoms with Crippen LogP contribution in [0.2, 0.25) is 0 Å². The molecule has 0 unspecified atom stereocenters. The summed E-state index contributed by atoms with van der Waals surface area (Å²) in [5.74, 6) is -4.57. The summed E-state index contributed by atoms with van der Waals surface area (Å²) in [6, 6.07) is 0. The molecule has 0 saturated carbocycles. The number of hydrogen-bond acceptors (Lipinski definition) is 10. The van der Waals surface area contributed by atoms with Crippen LogP contribution in [0, 0.1) is 0 Å². The maximum atomic E-state index is 10.0. The van der Waals surface area contributed by atoms with E-state index in [1.54, 1.807) is 0 Å². The summed E-state index contributed by atoms with van der Waals surface area (Å²) >= 11 is 0. The largest absolute Gasteiger partial charge is 0.550 e. The molecule has 0 aliphatic rings. The summed E-state index contributed by atoms with van der Waals surface area (Å²) in [4.78, 5) is 50.1. The molecule has 0 N–H and O–H groups in total. The topological polar surface area (TPSA) is 201 Å². The van der Waals surface area contributed by atoms with Crippen LogP contribution in [0.4, 0.5) is 0 Å². The van der Waals surface area contributed by atoms with E-state index in [2.05, 4.69) is 34.6 Å². The Bertz CT molecular complexity index is 722. The molecule has 0 spiro atoms. The van der Waals surface area contributed by atoms with Gasteiger partial charge in [-0.25, -0.2) is 0 Å². The molecule has 10 nitrogen and oxygen atoms in total. The van der Waals surface area contributed by atoms with E-state index in [9.17, 15) is 49.5 Å². The molecule has 0 heterocycles. The van der Waals surface area contributed by atoms with Crippen LogP contribution in [0.25, 0.3) is 0 Å². The molecule has 0 aromatic heterocycles. The van der Waals surface area contributed by atoms with Gasteiger partial charge in [-0.3, -0.25) is 0 Å². The summed E-state index contributed by atoms with van der Waals surface area (Å²) in [6.07, 6.45) is 41.7. The normalized spacial score (nSPS) is 9.92. The van der Waals surface area contributed by atoms with E-state index in [0.29, 0.717) is 0 Å². The first-order valence-electron chi connectivity index (χ1n) is 24.8. The number of unbranched alkanes of at least 4 members (excludes halogenated alkanes) is 30. The average Bonchev–Trinajstić information content (AvgIpc) is 3.19. The zero-order valence-electron chi connectivity index (χ0n) is 40.3. The Morgan fingerprint density at radius 1 is 0.213 bits per heavy atom. The first kappa shape index (κ1) is 70.6. The number of carbonyl (C=O) groups is 5. The van der Waals surface area contributed by atoms with E-state index >= 15 is 0 Å². The van der Waals surface area contributed by atoms with E-state index in [1.165, 1.54) is 161 Å². The molecule has 0 aliphatic carbocycles. The molecule has 0 rings (SSSR count).